The molecule has 1 unspecified atom stereocenters. The van der Waals surface area contributed by atoms with Gasteiger partial charge in [0.25, 0.3) is 5.91 Å². The minimum Gasteiger partial charge on any atom is -0.311 e. The molecule has 1 amide bonds. The van der Waals surface area contributed by atoms with Crippen LogP contribution in [0.15, 0.2) is 114 Å². The van der Waals surface area contributed by atoms with Crippen molar-refractivity contribution >= 4 is 40.2 Å². The van der Waals surface area contributed by atoms with Gasteiger partial charge in [-0.25, -0.2) is 0 Å². The minimum absolute atomic E-state index is 0.0921. The van der Waals surface area contributed by atoms with Gasteiger partial charge >= 0.3 is 0 Å². The highest BCUT2D eigenvalue weighted by Gasteiger charge is 2.40. The molecule has 0 bridgehead atoms. The summed E-state index contributed by atoms with van der Waals surface area (Å²) in [5.74, 6) is -1.38. The van der Waals surface area contributed by atoms with E-state index in [1.54, 1.807) is 6.92 Å². The van der Waals surface area contributed by atoms with Crippen LogP contribution in [0.5, 0.6) is 0 Å². The fraction of sp³-hybridized carbons (Fsp3) is 0.156. The molecule has 0 N–H and O–H groups in total. The molecule has 5 heteroatoms. The Labute approximate surface area is 217 Å². The second-order valence-corrected chi connectivity index (χ2v) is 9.48. The highest BCUT2D eigenvalue weighted by atomic mass is 16.2. The van der Waals surface area contributed by atoms with Gasteiger partial charge in [-0.2, -0.15) is 10.1 Å². The standard InChI is InChI=1S/C32H29N3O2/c1-22(2)31(36)30-23(3)33-35(32(30)37)29-20-16-25(17-21-29)24-14-18-28(19-15-24)34(26-10-6-4-7-11-26)27-12-8-5-9-13-27/h4-22,30H,1-3H3. The number of carbonyl (C=O) groups excluding carboxylic acids is 2. The third-order valence-electron chi connectivity index (χ3n) is 6.58. The monoisotopic (exact) mass is 487 g/mol. The summed E-state index contributed by atoms with van der Waals surface area (Å²) in [6.07, 6.45) is 0. The summed E-state index contributed by atoms with van der Waals surface area (Å²) in [4.78, 5) is 27.7. The maximum atomic E-state index is 12.9. The maximum absolute atomic E-state index is 12.9. The quantitative estimate of drug-likeness (QED) is 0.255. The lowest BCUT2D eigenvalue weighted by molar-refractivity contribution is -0.130. The van der Waals surface area contributed by atoms with Crippen molar-refractivity contribution in [1.82, 2.24) is 0 Å². The number of benzene rings is 4. The Bertz CT molecular complexity index is 1390. The normalized spacial score (nSPS) is 15.1. The smallest absolute Gasteiger partial charge is 0.263 e. The number of carbonyl (C=O) groups is 2. The molecule has 0 spiro atoms. The van der Waals surface area contributed by atoms with Gasteiger partial charge in [0.2, 0.25) is 0 Å². The summed E-state index contributed by atoms with van der Waals surface area (Å²) >= 11 is 0. The number of nitrogens with zero attached hydrogens (tertiary/aromatic N) is 3. The Kier molecular flexibility index (Phi) is 6.69. The van der Waals surface area contributed by atoms with Gasteiger partial charge in [0, 0.05) is 23.0 Å². The Morgan fingerprint density at radius 3 is 1.68 bits per heavy atom. The van der Waals surface area contributed by atoms with Crippen LogP contribution in [-0.2, 0) is 9.59 Å². The van der Waals surface area contributed by atoms with Crippen LogP contribution in [0.4, 0.5) is 22.7 Å². The summed E-state index contributed by atoms with van der Waals surface area (Å²) in [6.45, 7) is 5.36. The predicted octanol–water partition coefficient (Wildman–Crippen LogP) is 7.39. The summed E-state index contributed by atoms with van der Waals surface area (Å²) in [7, 11) is 0. The SMILES string of the molecule is CC1=NN(c2ccc(-c3ccc(N(c4ccccc4)c4ccccc4)cc3)cc2)C(=O)C1C(=O)C(C)C. The molecule has 0 saturated carbocycles. The third kappa shape index (κ3) is 4.81. The molecule has 0 fully saturated rings. The Morgan fingerprint density at radius 1 is 0.730 bits per heavy atom. The minimum atomic E-state index is -0.788. The van der Waals surface area contributed by atoms with E-state index in [0.29, 0.717) is 11.4 Å². The van der Waals surface area contributed by atoms with Crippen LogP contribution in [0.25, 0.3) is 11.1 Å². The van der Waals surface area contributed by atoms with Crippen molar-refractivity contribution in [3.8, 4) is 11.1 Å². The largest absolute Gasteiger partial charge is 0.311 e. The van der Waals surface area contributed by atoms with Crippen molar-refractivity contribution in [2.45, 2.75) is 20.8 Å². The van der Waals surface area contributed by atoms with Gasteiger partial charge in [-0.3, -0.25) is 9.59 Å². The lowest BCUT2D eigenvalue weighted by atomic mass is 9.91. The highest BCUT2D eigenvalue weighted by Crippen LogP contribution is 2.35. The first-order chi connectivity index (χ1) is 17.9. The Morgan fingerprint density at radius 2 is 1.19 bits per heavy atom. The fourth-order valence-electron chi connectivity index (χ4n) is 4.61. The van der Waals surface area contributed by atoms with E-state index in [9.17, 15) is 9.59 Å². The molecule has 1 aliphatic heterocycles. The molecule has 4 aromatic carbocycles. The molecule has 4 aromatic rings. The van der Waals surface area contributed by atoms with Gasteiger partial charge in [-0.15, -0.1) is 0 Å². The Balaban J connectivity index is 1.39. The second-order valence-electron chi connectivity index (χ2n) is 9.48. The molecule has 0 aromatic heterocycles. The van der Waals surface area contributed by atoms with Crippen LogP contribution in [0.1, 0.15) is 20.8 Å². The average Bonchev–Trinajstić information content (AvgIpc) is 3.23. The van der Waals surface area contributed by atoms with E-state index < -0.39 is 5.92 Å². The highest BCUT2D eigenvalue weighted by molar-refractivity contribution is 6.27. The first kappa shape index (κ1) is 24.2. The summed E-state index contributed by atoms with van der Waals surface area (Å²) < 4.78 is 0. The van der Waals surface area contributed by atoms with Crippen molar-refractivity contribution in [1.29, 1.82) is 0 Å². The van der Waals surface area contributed by atoms with Crippen LogP contribution in [0, 0.1) is 11.8 Å². The van der Waals surface area contributed by atoms with Crippen molar-refractivity contribution in [2.75, 3.05) is 9.91 Å². The number of ketones is 1. The van der Waals surface area contributed by atoms with Gasteiger partial charge in [-0.1, -0.05) is 74.5 Å². The zero-order valence-electron chi connectivity index (χ0n) is 21.2. The molecule has 0 aliphatic carbocycles. The fourth-order valence-corrected chi connectivity index (χ4v) is 4.61. The molecule has 1 aliphatic rings. The molecule has 184 valence electrons. The van der Waals surface area contributed by atoms with E-state index in [2.05, 4.69) is 58.5 Å². The molecule has 1 heterocycles. The van der Waals surface area contributed by atoms with Crippen LogP contribution in [0.2, 0.25) is 0 Å². The van der Waals surface area contributed by atoms with Crippen LogP contribution in [-0.4, -0.2) is 17.4 Å². The number of Topliss-reactive ketones (excluding diaryl/α,β-unsaturated/α-hetero) is 1. The van der Waals surface area contributed by atoms with Gasteiger partial charge in [0.15, 0.2) is 5.78 Å². The van der Waals surface area contributed by atoms with Crippen molar-refractivity contribution in [2.24, 2.45) is 16.9 Å². The zero-order valence-corrected chi connectivity index (χ0v) is 21.2. The maximum Gasteiger partial charge on any atom is 0.263 e. The lowest BCUT2D eigenvalue weighted by Crippen LogP contribution is -2.34. The van der Waals surface area contributed by atoms with Crippen LogP contribution in [0.3, 0.4) is 0 Å². The van der Waals surface area contributed by atoms with E-state index in [4.69, 9.17) is 0 Å². The molecular formula is C32H29N3O2. The van der Waals surface area contributed by atoms with E-state index in [1.807, 2.05) is 74.5 Å². The molecule has 5 rings (SSSR count). The summed E-state index contributed by atoms with van der Waals surface area (Å²) in [6, 6.07) is 36.7. The number of anilines is 4. The third-order valence-corrected chi connectivity index (χ3v) is 6.58. The van der Waals surface area contributed by atoms with Crippen molar-refractivity contribution < 1.29 is 9.59 Å². The number of para-hydroxylation sites is 2. The van der Waals surface area contributed by atoms with E-state index in [1.165, 1.54) is 5.01 Å². The summed E-state index contributed by atoms with van der Waals surface area (Å²) in [5.41, 5.74) is 6.54. The number of amides is 1. The summed E-state index contributed by atoms with van der Waals surface area (Å²) in [5, 5.41) is 5.74. The number of hydrazone groups is 1. The van der Waals surface area contributed by atoms with Crippen molar-refractivity contribution in [3.05, 3.63) is 109 Å². The first-order valence-corrected chi connectivity index (χ1v) is 12.5. The number of rotatable bonds is 7. The molecule has 37 heavy (non-hydrogen) atoms. The number of hydrogen-bond acceptors (Lipinski definition) is 4. The number of hydrogen-bond donors (Lipinski definition) is 0. The lowest BCUT2D eigenvalue weighted by Gasteiger charge is -2.25. The van der Waals surface area contributed by atoms with Crippen molar-refractivity contribution in [3.63, 3.8) is 0 Å². The predicted molar refractivity (Wildman–Crippen MR) is 150 cm³/mol. The zero-order chi connectivity index (χ0) is 25.9. The topological polar surface area (TPSA) is 53.0 Å². The Hall–Kier alpha value is -4.51. The van der Waals surface area contributed by atoms with Gasteiger partial charge in [-0.05, 0) is 66.6 Å². The van der Waals surface area contributed by atoms with E-state index in [0.717, 1.165) is 28.2 Å². The molecule has 1 atom stereocenters. The molecule has 5 nitrogen and oxygen atoms in total. The second kappa shape index (κ2) is 10.2. The van der Waals surface area contributed by atoms with E-state index in [-0.39, 0.29) is 17.6 Å². The average molecular weight is 488 g/mol. The van der Waals surface area contributed by atoms with Gasteiger partial charge < -0.3 is 4.90 Å². The van der Waals surface area contributed by atoms with Gasteiger partial charge in [0.05, 0.1) is 11.4 Å². The first-order valence-electron chi connectivity index (χ1n) is 12.5. The molecule has 0 radical (unpaired) electrons. The molecule has 0 saturated heterocycles. The van der Waals surface area contributed by atoms with Crippen LogP contribution >= 0.6 is 0 Å². The van der Waals surface area contributed by atoms with E-state index >= 15 is 0 Å². The molecular weight excluding hydrogens is 458 g/mol. The van der Waals surface area contributed by atoms with Crippen LogP contribution < -0.4 is 9.91 Å². The van der Waals surface area contributed by atoms with Gasteiger partial charge in [0.1, 0.15) is 5.92 Å².